The first-order valence-corrected chi connectivity index (χ1v) is 8.68. The predicted octanol–water partition coefficient (Wildman–Crippen LogP) is 3.00. The molecule has 126 valence electrons. The number of hydrogen-bond donors (Lipinski definition) is 1. The Labute approximate surface area is 142 Å². The van der Waals surface area contributed by atoms with E-state index in [1.165, 1.54) is 5.56 Å². The van der Waals surface area contributed by atoms with E-state index < -0.39 is 0 Å². The number of aromatic nitrogens is 1. The van der Waals surface area contributed by atoms with Gasteiger partial charge in [0, 0.05) is 23.5 Å². The Bertz CT molecular complexity index is 760. The molecule has 0 aliphatic carbocycles. The van der Waals surface area contributed by atoms with E-state index in [0.717, 1.165) is 42.5 Å². The van der Waals surface area contributed by atoms with E-state index in [1.807, 2.05) is 24.4 Å². The van der Waals surface area contributed by atoms with Crippen LogP contribution in [0.3, 0.4) is 0 Å². The van der Waals surface area contributed by atoms with Gasteiger partial charge >= 0.3 is 0 Å². The molecule has 5 atom stereocenters. The van der Waals surface area contributed by atoms with Crippen LogP contribution in [0.25, 0.3) is 10.9 Å². The van der Waals surface area contributed by atoms with Crippen molar-refractivity contribution in [2.24, 2.45) is 11.8 Å². The van der Waals surface area contributed by atoms with Gasteiger partial charge in [-0.05, 0) is 37.2 Å². The molecule has 3 fully saturated rings. The van der Waals surface area contributed by atoms with Crippen LogP contribution in [0.15, 0.2) is 43.1 Å². The fraction of sp³-hybridized carbons (Fsp3) is 0.450. The van der Waals surface area contributed by atoms with Crippen LogP contribution in [0.4, 0.5) is 0 Å². The van der Waals surface area contributed by atoms with Crippen molar-refractivity contribution in [2.75, 3.05) is 13.7 Å². The lowest BCUT2D eigenvalue weighted by Gasteiger charge is -2.52. The molecule has 24 heavy (non-hydrogen) atoms. The second-order valence-electron chi connectivity index (χ2n) is 6.99. The maximum atomic E-state index is 10.4. The van der Waals surface area contributed by atoms with Crippen LogP contribution in [0.1, 0.15) is 18.4 Å². The van der Waals surface area contributed by atoms with Gasteiger partial charge < -0.3 is 9.84 Å². The second kappa shape index (κ2) is 6.19. The average molecular weight is 324 g/mol. The SMILES string of the molecule is C=C[C@H]1CN2C(O)C[C@H]1C[C@@H]2Cc1c(OC)cnc2ccccc12. The maximum Gasteiger partial charge on any atom is 0.141 e. The van der Waals surface area contributed by atoms with Gasteiger partial charge in [-0.1, -0.05) is 24.3 Å². The lowest BCUT2D eigenvalue weighted by molar-refractivity contribution is -0.125. The summed E-state index contributed by atoms with van der Waals surface area (Å²) in [5, 5.41) is 11.6. The summed E-state index contributed by atoms with van der Waals surface area (Å²) in [5.74, 6) is 1.87. The quantitative estimate of drug-likeness (QED) is 0.878. The number of pyridine rings is 1. The predicted molar refractivity (Wildman–Crippen MR) is 94.9 cm³/mol. The fourth-order valence-corrected chi connectivity index (χ4v) is 4.51. The molecule has 3 aliphatic heterocycles. The third kappa shape index (κ3) is 2.50. The van der Waals surface area contributed by atoms with Gasteiger partial charge in [0.2, 0.25) is 0 Å². The van der Waals surface area contributed by atoms with Gasteiger partial charge in [-0.2, -0.15) is 0 Å². The molecule has 2 bridgehead atoms. The molecule has 1 aromatic heterocycles. The molecule has 2 aromatic rings. The van der Waals surface area contributed by atoms with Gasteiger partial charge in [0.05, 0.1) is 18.8 Å². The molecule has 4 heteroatoms. The number of nitrogens with zero attached hydrogens (tertiary/aromatic N) is 2. The molecule has 3 aliphatic rings. The van der Waals surface area contributed by atoms with Gasteiger partial charge in [-0.15, -0.1) is 6.58 Å². The fourth-order valence-electron chi connectivity index (χ4n) is 4.51. The number of piperidine rings is 3. The molecule has 0 amide bonds. The summed E-state index contributed by atoms with van der Waals surface area (Å²) in [4.78, 5) is 6.74. The Morgan fingerprint density at radius 3 is 2.96 bits per heavy atom. The van der Waals surface area contributed by atoms with E-state index in [1.54, 1.807) is 7.11 Å². The number of benzene rings is 1. The zero-order valence-electron chi connectivity index (χ0n) is 14.1. The molecule has 0 spiro atoms. The molecular formula is C20H24N2O2. The summed E-state index contributed by atoms with van der Waals surface area (Å²) in [7, 11) is 1.70. The third-order valence-corrected chi connectivity index (χ3v) is 5.78. The summed E-state index contributed by atoms with van der Waals surface area (Å²) in [6.45, 7) is 4.88. The van der Waals surface area contributed by atoms with Crippen LogP contribution >= 0.6 is 0 Å². The number of para-hydroxylation sites is 1. The van der Waals surface area contributed by atoms with Crippen molar-refractivity contribution >= 4 is 10.9 Å². The molecular weight excluding hydrogens is 300 g/mol. The highest BCUT2D eigenvalue weighted by molar-refractivity contribution is 5.84. The van der Waals surface area contributed by atoms with E-state index in [9.17, 15) is 5.11 Å². The molecule has 1 aromatic carbocycles. The Morgan fingerprint density at radius 2 is 2.21 bits per heavy atom. The van der Waals surface area contributed by atoms with Crippen molar-refractivity contribution in [1.82, 2.24) is 9.88 Å². The molecule has 0 radical (unpaired) electrons. The van der Waals surface area contributed by atoms with Crippen molar-refractivity contribution < 1.29 is 9.84 Å². The smallest absolute Gasteiger partial charge is 0.141 e. The highest BCUT2D eigenvalue weighted by Gasteiger charge is 2.43. The molecule has 3 saturated heterocycles. The zero-order chi connectivity index (χ0) is 16.7. The molecule has 1 N–H and O–H groups in total. The summed E-state index contributed by atoms with van der Waals surface area (Å²) < 4.78 is 5.58. The monoisotopic (exact) mass is 324 g/mol. The number of rotatable bonds is 4. The summed E-state index contributed by atoms with van der Waals surface area (Å²) in [6, 6.07) is 8.54. The van der Waals surface area contributed by atoms with Crippen molar-refractivity contribution in [3.63, 3.8) is 0 Å². The summed E-state index contributed by atoms with van der Waals surface area (Å²) >= 11 is 0. The lowest BCUT2D eigenvalue weighted by Crippen LogP contribution is -2.58. The molecule has 5 rings (SSSR count). The highest BCUT2D eigenvalue weighted by Crippen LogP contribution is 2.41. The number of hydrogen-bond acceptors (Lipinski definition) is 4. The van der Waals surface area contributed by atoms with E-state index in [0.29, 0.717) is 17.9 Å². The number of aliphatic hydroxyl groups is 1. The topological polar surface area (TPSA) is 45.6 Å². The Hall–Kier alpha value is -1.91. The van der Waals surface area contributed by atoms with Crippen LogP contribution in [-0.4, -0.2) is 40.9 Å². The number of methoxy groups -OCH3 is 1. The number of ether oxygens (including phenoxy) is 1. The van der Waals surface area contributed by atoms with Gasteiger partial charge in [0.1, 0.15) is 12.0 Å². The van der Waals surface area contributed by atoms with Gasteiger partial charge in [-0.3, -0.25) is 9.88 Å². The van der Waals surface area contributed by atoms with Gasteiger partial charge in [0.15, 0.2) is 0 Å². The van der Waals surface area contributed by atoms with Crippen LogP contribution in [0, 0.1) is 11.8 Å². The summed E-state index contributed by atoms with van der Waals surface area (Å²) in [5.41, 5.74) is 2.19. The summed E-state index contributed by atoms with van der Waals surface area (Å²) in [6.07, 6.45) is 6.39. The van der Waals surface area contributed by atoms with Crippen molar-refractivity contribution in [2.45, 2.75) is 31.5 Å². The first-order valence-electron chi connectivity index (χ1n) is 8.68. The first kappa shape index (κ1) is 15.6. The molecule has 4 nitrogen and oxygen atoms in total. The minimum atomic E-state index is -0.330. The highest BCUT2D eigenvalue weighted by atomic mass is 16.5. The first-order chi connectivity index (χ1) is 11.7. The van der Waals surface area contributed by atoms with Gasteiger partial charge in [0.25, 0.3) is 0 Å². The van der Waals surface area contributed by atoms with Crippen LogP contribution in [-0.2, 0) is 6.42 Å². The van der Waals surface area contributed by atoms with Crippen LogP contribution < -0.4 is 4.74 Å². The average Bonchev–Trinajstić information content (AvgIpc) is 2.62. The Morgan fingerprint density at radius 1 is 1.38 bits per heavy atom. The third-order valence-electron chi connectivity index (χ3n) is 5.78. The van der Waals surface area contributed by atoms with E-state index >= 15 is 0 Å². The number of aliphatic hydroxyl groups excluding tert-OH is 1. The minimum Gasteiger partial charge on any atom is -0.495 e. The lowest BCUT2D eigenvalue weighted by atomic mass is 9.73. The zero-order valence-corrected chi connectivity index (χ0v) is 14.1. The van der Waals surface area contributed by atoms with Gasteiger partial charge in [-0.25, -0.2) is 0 Å². The molecule has 0 saturated carbocycles. The number of fused-ring (bicyclic) bond motifs is 4. The Kier molecular flexibility index (Phi) is 4.02. The minimum absolute atomic E-state index is 0.330. The molecule has 4 heterocycles. The van der Waals surface area contributed by atoms with E-state index in [4.69, 9.17) is 4.74 Å². The van der Waals surface area contributed by atoms with Crippen LogP contribution in [0.2, 0.25) is 0 Å². The van der Waals surface area contributed by atoms with Crippen molar-refractivity contribution in [3.8, 4) is 5.75 Å². The van der Waals surface area contributed by atoms with E-state index in [2.05, 4.69) is 28.6 Å². The standard InChI is InChI=1S/C20H24N2O2/c1-3-13-12-22-15(8-14(13)9-20(22)23)10-17-16-6-4-5-7-18(16)21-11-19(17)24-2/h3-7,11,13-15,20,23H,1,8-10,12H2,2H3/t13-,14+,15+,20?/m0/s1. The maximum absolute atomic E-state index is 10.4. The normalized spacial score (nSPS) is 32.0. The molecule has 2 unspecified atom stereocenters. The second-order valence-corrected chi connectivity index (χ2v) is 6.99. The Balaban J connectivity index is 1.68. The largest absolute Gasteiger partial charge is 0.495 e. The van der Waals surface area contributed by atoms with Crippen LogP contribution in [0.5, 0.6) is 5.75 Å². The van der Waals surface area contributed by atoms with Crippen molar-refractivity contribution in [3.05, 3.63) is 48.7 Å². The van der Waals surface area contributed by atoms with Crippen molar-refractivity contribution in [1.29, 1.82) is 0 Å². The van der Waals surface area contributed by atoms with E-state index in [-0.39, 0.29) is 6.23 Å².